The second-order valence-electron chi connectivity index (χ2n) is 5.56. The molecule has 0 fully saturated rings. The van der Waals surface area contributed by atoms with E-state index in [4.69, 9.17) is 15.7 Å². The van der Waals surface area contributed by atoms with E-state index in [0.29, 0.717) is 5.75 Å². The zero-order chi connectivity index (χ0) is 20.3. The Morgan fingerprint density at radius 3 is 2.04 bits per heavy atom. The highest BCUT2D eigenvalue weighted by atomic mass is 32.2. The number of para-hydroxylation sites is 1. The predicted octanol–water partition coefficient (Wildman–Crippen LogP) is 2.02. The van der Waals surface area contributed by atoms with Gasteiger partial charge < -0.3 is 10.5 Å². The van der Waals surface area contributed by atoms with Crippen molar-refractivity contribution in [3.05, 3.63) is 54.6 Å². The normalized spacial score (nSPS) is 14.3. The van der Waals surface area contributed by atoms with Gasteiger partial charge in [0.2, 0.25) is 5.54 Å². The third-order valence-electron chi connectivity index (χ3n) is 3.59. The van der Waals surface area contributed by atoms with E-state index in [1.807, 2.05) is 0 Å². The first kappa shape index (κ1) is 20.7. The van der Waals surface area contributed by atoms with E-state index in [9.17, 15) is 26.4 Å². The minimum absolute atomic E-state index is 0.253. The number of benzene rings is 2. The first-order valence-electron chi connectivity index (χ1n) is 7.35. The van der Waals surface area contributed by atoms with Crippen LogP contribution in [-0.4, -0.2) is 37.0 Å². The summed E-state index contributed by atoms with van der Waals surface area (Å²) in [5, 5.41) is 8.49. The molecule has 0 aromatic heterocycles. The van der Waals surface area contributed by atoms with Crippen molar-refractivity contribution in [1.82, 2.24) is 5.48 Å². The summed E-state index contributed by atoms with van der Waals surface area (Å²) in [4.78, 5) is 10.9. The predicted molar refractivity (Wildman–Crippen MR) is 87.9 cm³/mol. The SMILES string of the molecule is NC(CS(=O)(=O)c1ccc(Oc2ccccc2)cc1)(C(=O)NO)C(F)(F)F. The number of hydrogen-bond acceptors (Lipinski definition) is 6. The van der Waals surface area contributed by atoms with Gasteiger partial charge in [-0.15, -0.1) is 0 Å². The molecule has 1 unspecified atom stereocenters. The summed E-state index contributed by atoms with van der Waals surface area (Å²) in [5.41, 5.74) is 1.92. The van der Waals surface area contributed by atoms with Crippen LogP contribution in [0.25, 0.3) is 0 Å². The molecule has 0 spiro atoms. The van der Waals surface area contributed by atoms with Crippen LogP contribution in [0.1, 0.15) is 0 Å². The molecule has 0 bridgehead atoms. The fourth-order valence-electron chi connectivity index (χ4n) is 2.10. The van der Waals surface area contributed by atoms with Gasteiger partial charge >= 0.3 is 6.18 Å². The van der Waals surface area contributed by atoms with E-state index in [1.165, 1.54) is 12.1 Å². The third kappa shape index (κ3) is 4.56. The van der Waals surface area contributed by atoms with Gasteiger partial charge in [0.1, 0.15) is 11.5 Å². The average molecular weight is 404 g/mol. The van der Waals surface area contributed by atoms with Gasteiger partial charge in [-0.3, -0.25) is 10.0 Å². The van der Waals surface area contributed by atoms with Crippen molar-refractivity contribution in [1.29, 1.82) is 0 Å². The van der Waals surface area contributed by atoms with Crippen molar-refractivity contribution in [3.8, 4) is 11.5 Å². The Hall–Kier alpha value is -2.63. The summed E-state index contributed by atoms with van der Waals surface area (Å²) in [7, 11) is -4.62. The maximum atomic E-state index is 13.1. The molecule has 0 heterocycles. The van der Waals surface area contributed by atoms with Gasteiger partial charge in [-0.1, -0.05) is 18.2 Å². The molecule has 2 rings (SSSR count). The highest BCUT2D eigenvalue weighted by Gasteiger charge is 2.60. The van der Waals surface area contributed by atoms with E-state index in [-0.39, 0.29) is 5.75 Å². The number of halogens is 3. The zero-order valence-corrected chi connectivity index (χ0v) is 14.4. The lowest BCUT2D eigenvalue weighted by Gasteiger charge is -2.28. The standard InChI is InChI=1S/C16H15F3N2O5S/c17-16(18,19)15(20,14(22)21-23)10-27(24,25)13-8-6-12(7-9-13)26-11-4-2-1-3-5-11/h1-9,23H,10,20H2,(H,21,22). The Morgan fingerprint density at radius 1 is 1.04 bits per heavy atom. The van der Waals surface area contributed by atoms with Gasteiger partial charge in [-0.25, -0.2) is 13.9 Å². The Balaban J connectivity index is 2.26. The molecule has 0 aliphatic rings. The van der Waals surface area contributed by atoms with Crippen molar-refractivity contribution in [3.63, 3.8) is 0 Å². The molecule has 0 radical (unpaired) electrons. The molecule has 27 heavy (non-hydrogen) atoms. The van der Waals surface area contributed by atoms with Gasteiger partial charge in [0.25, 0.3) is 5.91 Å². The second-order valence-corrected chi connectivity index (χ2v) is 7.55. The van der Waals surface area contributed by atoms with Gasteiger partial charge in [0, 0.05) is 0 Å². The maximum Gasteiger partial charge on any atom is 0.416 e. The summed E-state index contributed by atoms with van der Waals surface area (Å²) in [6.45, 7) is 0. The van der Waals surface area contributed by atoms with Gasteiger partial charge in [0.15, 0.2) is 9.84 Å². The summed E-state index contributed by atoms with van der Waals surface area (Å²) < 4.78 is 69.4. The van der Waals surface area contributed by atoms with Gasteiger partial charge in [-0.2, -0.15) is 13.2 Å². The maximum absolute atomic E-state index is 13.1. The molecule has 146 valence electrons. The van der Waals surface area contributed by atoms with Crippen LogP contribution >= 0.6 is 0 Å². The molecule has 0 saturated heterocycles. The Kier molecular flexibility index (Phi) is 5.78. The number of rotatable bonds is 6. The summed E-state index contributed by atoms with van der Waals surface area (Å²) in [5.74, 6) is -3.13. The fourth-order valence-corrected chi connectivity index (χ4v) is 3.71. The Labute approximate surface area is 152 Å². The van der Waals surface area contributed by atoms with Crippen LogP contribution in [-0.2, 0) is 14.6 Å². The van der Waals surface area contributed by atoms with Crippen molar-refractivity contribution >= 4 is 15.7 Å². The van der Waals surface area contributed by atoms with Crippen molar-refractivity contribution < 1.29 is 36.3 Å². The Bertz CT molecular complexity index is 902. The highest BCUT2D eigenvalue weighted by molar-refractivity contribution is 7.91. The van der Waals surface area contributed by atoms with E-state index >= 15 is 0 Å². The van der Waals surface area contributed by atoms with Crippen LogP contribution in [0.4, 0.5) is 13.2 Å². The summed E-state index contributed by atoms with van der Waals surface area (Å²) >= 11 is 0. The molecule has 7 nitrogen and oxygen atoms in total. The minimum atomic E-state index is -5.41. The van der Waals surface area contributed by atoms with Gasteiger partial charge in [0.05, 0.1) is 10.6 Å². The number of carbonyl (C=O) groups excluding carboxylic acids is 1. The number of hydrogen-bond donors (Lipinski definition) is 3. The fraction of sp³-hybridized carbons (Fsp3) is 0.188. The number of carbonyl (C=O) groups is 1. The molecule has 1 atom stereocenters. The lowest BCUT2D eigenvalue weighted by molar-refractivity contribution is -0.191. The summed E-state index contributed by atoms with van der Waals surface area (Å²) in [6, 6.07) is 13.1. The minimum Gasteiger partial charge on any atom is -0.457 e. The molecule has 0 aliphatic carbocycles. The lowest BCUT2D eigenvalue weighted by Crippen LogP contribution is -2.66. The highest BCUT2D eigenvalue weighted by Crippen LogP contribution is 2.32. The molecule has 1 amide bonds. The quantitative estimate of drug-likeness (QED) is 0.501. The zero-order valence-electron chi connectivity index (χ0n) is 13.6. The Morgan fingerprint density at radius 2 is 1.56 bits per heavy atom. The topological polar surface area (TPSA) is 119 Å². The molecule has 2 aromatic rings. The van der Waals surface area contributed by atoms with Crippen molar-refractivity contribution in [2.75, 3.05) is 5.75 Å². The number of alkyl halides is 3. The molecule has 11 heteroatoms. The average Bonchev–Trinajstić information content (AvgIpc) is 2.61. The van der Waals surface area contributed by atoms with Crippen LogP contribution in [0.15, 0.2) is 59.5 Å². The molecular formula is C16H15F3N2O5S. The molecule has 2 aromatic carbocycles. The van der Waals surface area contributed by atoms with Crippen LogP contribution in [0.3, 0.4) is 0 Å². The van der Waals surface area contributed by atoms with Crippen LogP contribution in [0, 0.1) is 0 Å². The number of nitrogens with one attached hydrogen (secondary N) is 1. The third-order valence-corrected chi connectivity index (χ3v) is 5.42. The first-order chi connectivity index (χ1) is 12.5. The smallest absolute Gasteiger partial charge is 0.416 e. The van der Waals surface area contributed by atoms with Crippen molar-refractivity contribution in [2.24, 2.45) is 5.73 Å². The van der Waals surface area contributed by atoms with Crippen LogP contribution in [0.2, 0.25) is 0 Å². The number of hydroxylamine groups is 1. The number of sulfone groups is 1. The van der Waals surface area contributed by atoms with Crippen molar-refractivity contribution in [2.45, 2.75) is 16.6 Å². The molecular weight excluding hydrogens is 389 g/mol. The second kappa shape index (κ2) is 7.55. The van der Waals surface area contributed by atoms with E-state index in [2.05, 4.69) is 0 Å². The number of ether oxygens (including phenoxy) is 1. The molecule has 4 N–H and O–H groups in total. The van der Waals surface area contributed by atoms with E-state index in [1.54, 1.807) is 30.3 Å². The van der Waals surface area contributed by atoms with Crippen LogP contribution < -0.4 is 16.0 Å². The molecule has 0 saturated carbocycles. The van der Waals surface area contributed by atoms with Gasteiger partial charge in [-0.05, 0) is 36.4 Å². The number of amides is 1. The monoisotopic (exact) mass is 404 g/mol. The molecule has 0 aliphatic heterocycles. The van der Waals surface area contributed by atoms with Crippen LogP contribution in [0.5, 0.6) is 11.5 Å². The van der Waals surface area contributed by atoms with E-state index < -0.39 is 38.1 Å². The summed E-state index contributed by atoms with van der Waals surface area (Å²) in [6.07, 6.45) is -5.41. The lowest BCUT2D eigenvalue weighted by atomic mass is 10.0. The van der Waals surface area contributed by atoms with E-state index in [0.717, 1.165) is 17.6 Å². The largest absolute Gasteiger partial charge is 0.457 e. The number of nitrogens with two attached hydrogens (primary N) is 1. The first-order valence-corrected chi connectivity index (χ1v) is 9.01.